The molecule has 0 unspecified atom stereocenters. The second-order valence-corrected chi connectivity index (χ2v) is 5.92. The molecule has 0 radical (unpaired) electrons. The molecule has 0 aliphatic carbocycles. The molecule has 0 saturated carbocycles. The summed E-state index contributed by atoms with van der Waals surface area (Å²) in [6.45, 7) is 0. The molecule has 7 heteroatoms. The van der Waals surface area contributed by atoms with Gasteiger partial charge in [-0.05, 0) is 35.9 Å². The number of hydrogen-bond donors (Lipinski definition) is 0. The molecule has 0 N–H and O–H groups in total. The van der Waals surface area contributed by atoms with Gasteiger partial charge in [0.1, 0.15) is 16.9 Å². The zero-order chi connectivity index (χ0) is 17.8. The van der Waals surface area contributed by atoms with Crippen LogP contribution in [0.4, 0.5) is 10.1 Å². The van der Waals surface area contributed by atoms with Crippen LogP contribution >= 0.6 is 11.3 Å². The summed E-state index contributed by atoms with van der Waals surface area (Å²) in [7, 11) is 0. The highest BCUT2D eigenvalue weighted by Gasteiger charge is 2.11. The van der Waals surface area contributed by atoms with Crippen LogP contribution in [0.5, 0.6) is 0 Å². The maximum Gasteiger partial charge on any atom is 0.269 e. The third-order valence-corrected chi connectivity index (χ3v) is 4.29. The third kappa shape index (κ3) is 3.76. The molecule has 2 aromatic carbocycles. The van der Waals surface area contributed by atoms with Crippen LogP contribution < -0.4 is 0 Å². The number of nitriles is 1. The van der Waals surface area contributed by atoms with E-state index in [1.54, 1.807) is 35.7 Å². The summed E-state index contributed by atoms with van der Waals surface area (Å²) in [5.74, 6) is -0.342. The number of hydrogen-bond acceptors (Lipinski definition) is 5. The Morgan fingerprint density at radius 2 is 1.88 bits per heavy atom. The molecule has 0 aliphatic rings. The van der Waals surface area contributed by atoms with Gasteiger partial charge in [0.05, 0.1) is 16.2 Å². The second kappa shape index (κ2) is 7.03. The molecule has 1 heterocycles. The highest BCUT2D eigenvalue weighted by atomic mass is 32.1. The van der Waals surface area contributed by atoms with Gasteiger partial charge in [0.2, 0.25) is 0 Å². The molecule has 3 aromatic rings. The predicted octanol–water partition coefficient (Wildman–Crippen LogP) is 4.92. The van der Waals surface area contributed by atoms with Crippen molar-refractivity contribution in [1.29, 1.82) is 5.26 Å². The highest BCUT2D eigenvalue weighted by molar-refractivity contribution is 7.11. The van der Waals surface area contributed by atoms with Crippen molar-refractivity contribution in [3.63, 3.8) is 0 Å². The van der Waals surface area contributed by atoms with Crippen LogP contribution in [0.25, 0.3) is 22.9 Å². The molecule has 0 saturated heterocycles. The minimum atomic E-state index is -0.463. The topological polar surface area (TPSA) is 79.8 Å². The van der Waals surface area contributed by atoms with Crippen molar-refractivity contribution in [3.8, 4) is 17.3 Å². The van der Waals surface area contributed by atoms with E-state index in [0.717, 1.165) is 5.56 Å². The lowest BCUT2D eigenvalue weighted by molar-refractivity contribution is -0.384. The Morgan fingerprint density at radius 1 is 1.20 bits per heavy atom. The van der Waals surface area contributed by atoms with Gasteiger partial charge in [-0.2, -0.15) is 5.26 Å². The van der Waals surface area contributed by atoms with E-state index < -0.39 is 4.92 Å². The lowest BCUT2D eigenvalue weighted by Gasteiger charge is -1.97. The summed E-state index contributed by atoms with van der Waals surface area (Å²) in [6, 6.07) is 14.0. The predicted molar refractivity (Wildman–Crippen MR) is 94.1 cm³/mol. The van der Waals surface area contributed by atoms with Crippen molar-refractivity contribution in [2.45, 2.75) is 0 Å². The first-order chi connectivity index (χ1) is 12.1. The van der Waals surface area contributed by atoms with Crippen LogP contribution in [0.15, 0.2) is 53.9 Å². The SMILES string of the molecule is N#CC(=Cc1ccc(F)cc1)c1nc(-c2ccc([N+](=O)[O-])cc2)cs1. The van der Waals surface area contributed by atoms with Crippen LogP contribution in [0.3, 0.4) is 0 Å². The van der Waals surface area contributed by atoms with Crippen molar-refractivity contribution in [1.82, 2.24) is 4.98 Å². The zero-order valence-corrected chi connectivity index (χ0v) is 13.5. The molecule has 0 atom stereocenters. The molecule has 0 aliphatic heterocycles. The molecule has 0 spiro atoms. The third-order valence-electron chi connectivity index (χ3n) is 3.41. The molecule has 0 bridgehead atoms. The first-order valence-corrected chi connectivity index (χ1v) is 8.03. The Morgan fingerprint density at radius 3 is 2.48 bits per heavy atom. The van der Waals surface area contributed by atoms with E-state index in [1.165, 1.54) is 35.6 Å². The number of rotatable bonds is 4. The molecule has 0 fully saturated rings. The number of nitro benzene ring substituents is 1. The normalized spacial score (nSPS) is 11.1. The zero-order valence-electron chi connectivity index (χ0n) is 12.7. The summed E-state index contributed by atoms with van der Waals surface area (Å²) in [4.78, 5) is 14.7. The van der Waals surface area contributed by atoms with Crippen molar-refractivity contribution < 1.29 is 9.31 Å². The molecule has 5 nitrogen and oxygen atoms in total. The van der Waals surface area contributed by atoms with Gasteiger partial charge in [-0.25, -0.2) is 9.37 Å². The van der Waals surface area contributed by atoms with E-state index >= 15 is 0 Å². The van der Waals surface area contributed by atoms with E-state index in [-0.39, 0.29) is 11.5 Å². The average molecular weight is 351 g/mol. The van der Waals surface area contributed by atoms with Crippen molar-refractivity contribution >= 4 is 28.7 Å². The van der Waals surface area contributed by atoms with E-state index in [0.29, 0.717) is 21.8 Å². The lowest BCUT2D eigenvalue weighted by atomic mass is 10.1. The van der Waals surface area contributed by atoms with Crippen LogP contribution in [-0.4, -0.2) is 9.91 Å². The number of nitro groups is 1. The fraction of sp³-hybridized carbons (Fsp3) is 0. The summed E-state index contributed by atoms with van der Waals surface area (Å²) in [6.07, 6.45) is 1.64. The van der Waals surface area contributed by atoms with Crippen molar-refractivity contribution in [2.24, 2.45) is 0 Å². The number of thiazole rings is 1. The summed E-state index contributed by atoms with van der Waals surface area (Å²) in [5, 5.41) is 22.4. The monoisotopic (exact) mass is 351 g/mol. The molecular formula is C18H10FN3O2S. The van der Waals surface area contributed by atoms with Crippen LogP contribution in [0.1, 0.15) is 10.6 Å². The fourth-order valence-electron chi connectivity index (χ4n) is 2.15. The summed E-state index contributed by atoms with van der Waals surface area (Å²) >= 11 is 1.30. The van der Waals surface area contributed by atoms with Gasteiger partial charge in [-0.15, -0.1) is 11.3 Å². The Balaban J connectivity index is 1.90. The first-order valence-electron chi connectivity index (χ1n) is 7.15. The molecule has 0 amide bonds. The summed E-state index contributed by atoms with van der Waals surface area (Å²) < 4.78 is 13.0. The Kier molecular flexibility index (Phi) is 4.64. The highest BCUT2D eigenvalue weighted by Crippen LogP contribution is 2.28. The summed E-state index contributed by atoms with van der Waals surface area (Å²) in [5.41, 5.74) is 2.44. The fourth-order valence-corrected chi connectivity index (χ4v) is 2.95. The molecule has 1 aromatic heterocycles. The van der Waals surface area contributed by atoms with Gasteiger partial charge in [0.25, 0.3) is 5.69 Å². The average Bonchev–Trinajstić information content (AvgIpc) is 3.11. The van der Waals surface area contributed by atoms with Gasteiger partial charge in [0.15, 0.2) is 0 Å². The van der Waals surface area contributed by atoms with Gasteiger partial charge in [-0.1, -0.05) is 12.1 Å². The van der Waals surface area contributed by atoms with E-state index in [9.17, 15) is 19.8 Å². The van der Waals surface area contributed by atoms with Crippen LogP contribution in [0.2, 0.25) is 0 Å². The van der Waals surface area contributed by atoms with E-state index in [1.807, 2.05) is 0 Å². The van der Waals surface area contributed by atoms with Crippen LogP contribution in [-0.2, 0) is 0 Å². The lowest BCUT2D eigenvalue weighted by Crippen LogP contribution is -1.87. The minimum Gasteiger partial charge on any atom is -0.258 e. The molecule has 3 rings (SSSR count). The quantitative estimate of drug-likeness (QED) is 0.379. The number of benzene rings is 2. The number of non-ortho nitro benzene ring substituents is 1. The van der Waals surface area contributed by atoms with Gasteiger partial charge in [0, 0.05) is 23.1 Å². The number of aromatic nitrogens is 1. The Labute approximate surface area is 146 Å². The maximum atomic E-state index is 13.0. The van der Waals surface area contributed by atoms with Gasteiger partial charge < -0.3 is 0 Å². The molecule has 25 heavy (non-hydrogen) atoms. The van der Waals surface area contributed by atoms with E-state index in [4.69, 9.17) is 0 Å². The second-order valence-electron chi connectivity index (χ2n) is 5.06. The van der Waals surface area contributed by atoms with Gasteiger partial charge >= 0.3 is 0 Å². The Hall–Kier alpha value is -3.37. The van der Waals surface area contributed by atoms with Crippen LogP contribution in [0, 0.1) is 27.3 Å². The van der Waals surface area contributed by atoms with Crippen molar-refractivity contribution in [3.05, 3.63) is 80.4 Å². The van der Waals surface area contributed by atoms with Crippen molar-refractivity contribution in [2.75, 3.05) is 0 Å². The molecular weight excluding hydrogens is 341 g/mol. The smallest absolute Gasteiger partial charge is 0.258 e. The number of halogens is 1. The largest absolute Gasteiger partial charge is 0.269 e. The Bertz CT molecular complexity index is 986. The number of nitrogens with zero attached hydrogens (tertiary/aromatic N) is 3. The van der Waals surface area contributed by atoms with Gasteiger partial charge in [-0.3, -0.25) is 10.1 Å². The minimum absolute atomic E-state index is 0.00752. The van der Waals surface area contributed by atoms with E-state index in [2.05, 4.69) is 11.1 Å². The standard InChI is InChI=1S/C18H10FN3O2S/c19-15-5-1-12(2-6-15)9-14(10-20)18-21-17(11-25-18)13-3-7-16(8-4-13)22(23)24/h1-9,11H. The number of allylic oxidation sites excluding steroid dienone is 1. The maximum absolute atomic E-state index is 13.0. The molecule has 122 valence electrons. The first kappa shape index (κ1) is 16.5.